The molecule has 0 saturated heterocycles. The second-order valence-electron chi connectivity index (χ2n) is 3.80. The van der Waals surface area contributed by atoms with E-state index in [1.807, 2.05) is 0 Å². The zero-order valence-corrected chi connectivity index (χ0v) is 11.2. The smallest absolute Gasteiger partial charge is 0.261 e. The fourth-order valence-electron chi connectivity index (χ4n) is 1.73. The fourth-order valence-corrected chi connectivity index (χ4v) is 2.81. The Bertz CT molecular complexity index is 742. The van der Waals surface area contributed by atoms with E-state index >= 15 is 0 Å². The quantitative estimate of drug-likeness (QED) is 0.869. The van der Waals surface area contributed by atoms with Crippen molar-refractivity contribution >= 4 is 36.4 Å². The molecule has 0 heterocycles. The molecule has 100 valence electrons. The molecule has 0 unspecified atom stereocenters. The minimum absolute atomic E-state index is 0.00353. The minimum atomic E-state index is -3.85. The summed E-state index contributed by atoms with van der Waals surface area (Å²) in [7, 11) is 1.52. The Morgan fingerprint density at radius 2 is 1.79 bits per heavy atom. The third-order valence-electron chi connectivity index (χ3n) is 2.48. The monoisotopic (exact) mass is 299 g/mol. The van der Waals surface area contributed by atoms with Crippen molar-refractivity contribution in [1.82, 2.24) is 0 Å². The van der Waals surface area contributed by atoms with Gasteiger partial charge in [-0.25, -0.2) is 8.42 Å². The first kappa shape index (κ1) is 13.6. The first-order valence-electron chi connectivity index (χ1n) is 5.27. The molecule has 0 spiro atoms. The number of ether oxygens (including phenoxy) is 1. The van der Waals surface area contributed by atoms with Crippen LogP contribution in [0.1, 0.15) is 0 Å². The largest absolute Gasteiger partial charge is 0.483 e. The second-order valence-corrected chi connectivity index (χ2v) is 6.33. The zero-order valence-electron chi connectivity index (χ0n) is 9.67. The summed E-state index contributed by atoms with van der Waals surface area (Å²) in [4.78, 5) is 10.7. The molecular weight excluding hydrogens is 290 g/mol. The van der Waals surface area contributed by atoms with E-state index < -0.39 is 15.0 Å². The Labute approximate surface area is 114 Å². The van der Waals surface area contributed by atoms with E-state index in [0.717, 1.165) is 0 Å². The molecular formula is C12H10ClNO4S. The molecule has 2 aromatic carbocycles. The van der Waals surface area contributed by atoms with Gasteiger partial charge >= 0.3 is 0 Å². The highest BCUT2D eigenvalue weighted by molar-refractivity contribution is 8.14. The van der Waals surface area contributed by atoms with Gasteiger partial charge < -0.3 is 10.5 Å². The van der Waals surface area contributed by atoms with Gasteiger partial charge in [-0.15, -0.1) is 0 Å². The lowest BCUT2D eigenvalue weighted by molar-refractivity contribution is -0.119. The maximum absolute atomic E-state index is 11.5. The molecule has 0 fully saturated rings. The second kappa shape index (κ2) is 5.07. The lowest BCUT2D eigenvalue weighted by Gasteiger charge is -2.10. The van der Waals surface area contributed by atoms with Crippen LogP contribution in [-0.2, 0) is 13.8 Å². The molecule has 0 aliphatic rings. The molecule has 0 radical (unpaired) electrons. The number of rotatable bonds is 4. The maximum Gasteiger partial charge on any atom is 0.261 e. The summed E-state index contributed by atoms with van der Waals surface area (Å²) in [5.74, 6) is -0.239. The van der Waals surface area contributed by atoms with Crippen molar-refractivity contribution in [3.05, 3.63) is 36.4 Å². The number of benzene rings is 2. The van der Waals surface area contributed by atoms with Crippen molar-refractivity contribution in [3.8, 4) is 5.75 Å². The van der Waals surface area contributed by atoms with Gasteiger partial charge in [-0.2, -0.15) is 0 Å². The van der Waals surface area contributed by atoms with Crippen molar-refractivity contribution in [2.24, 2.45) is 5.73 Å². The van der Waals surface area contributed by atoms with Crippen LogP contribution in [0.25, 0.3) is 10.8 Å². The number of hydrogen-bond donors (Lipinski definition) is 1. The van der Waals surface area contributed by atoms with E-state index in [-0.39, 0.29) is 11.5 Å². The first-order valence-corrected chi connectivity index (χ1v) is 7.58. The molecule has 0 bridgehead atoms. The topological polar surface area (TPSA) is 86.5 Å². The van der Waals surface area contributed by atoms with Crippen molar-refractivity contribution in [3.63, 3.8) is 0 Å². The molecule has 7 heteroatoms. The standard InChI is InChI=1S/C12H10ClNO4S/c13-19(16,17)11-6-5-10(18-7-12(14)15)8-3-1-2-4-9(8)11/h1-6H,7H2,(H2,14,15). The number of carbonyl (C=O) groups excluding carboxylic acids is 1. The molecule has 19 heavy (non-hydrogen) atoms. The highest BCUT2D eigenvalue weighted by atomic mass is 35.7. The Hall–Kier alpha value is -1.79. The molecule has 1 amide bonds. The predicted molar refractivity (Wildman–Crippen MR) is 71.7 cm³/mol. The van der Waals surface area contributed by atoms with E-state index in [2.05, 4.69) is 0 Å². The lowest BCUT2D eigenvalue weighted by atomic mass is 10.1. The summed E-state index contributed by atoms with van der Waals surface area (Å²) < 4.78 is 28.2. The van der Waals surface area contributed by atoms with Gasteiger partial charge in [-0.3, -0.25) is 4.79 Å². The number of fused-ring (bicyclic) bond motifs is 1. The number of nitrogens with two attached hydrogens (primary N) is 1. The van der Waals surface area contributed by atoms with E-state index in [4.69, 9.17) is 21.2 Å². The van der Waals surface area contributed by atoms with Crippen LogP contribution in [-0.4, -0.2) is 20.9 Å². The van der Waals surface area contributed by atoms with Gasteiger partial charge in [0.2, 0.25) is 0 Å². The van der Waals surface area contributed by atoms with Crippen LogP contribution in [0.5, 0.6) is 5.75 Å². The first-order chi connectivity index (χ1) is 8.89. The predicted octanol–water partition coefficient (Wildman–Crippen LogP) is 1.63. The van der Waals surface area contributed by atoms with Crippen molar-refractivity contribution in [2.75, 3.05) is 6.61 Å². The number of hydrogen-bond acceptors (Lipinski definition) is 4. The van der Waals surface area contributed by atoms with E-state index in [0.29, 0.717) is 16.5 Å². The van der Waals surface area contributed by atoms with Gasteiger partial charge in [0.05, 0.1) is 4.90 Å². The molecule has 0 aliphatic carbocycles. The van der Waals surface area contributed by atoms with Crippen molar-refractivity contribution < 1.29 is 17.9 Å². The maximum atomic E-state index is 11.5. The van der Waals surface area contributed by atoms with E-state index in [1.165, 1.54) is 12.1 Å². The Morgan fingerprint density at radius 3 is 2.37 bits per heavy atom. The average molecular weight is 300 g/mol. The van der Waals surface area contributed by atoms with Crippen LogP contribution < -0.4 is 10.5 Å². The number of halogens is 1. The molecule has 2 aromatic rings. The average Bonchev–Trinajstić information content (AvgIpc) is 2.34. The van der Waals surface area contributed by atoms with Gasteiger partial charge in [-0.05, 0) is 12.1 Å². The molecule has 0 aromatic heterocycles. The lowest BCUT2D eigenvalue weighted by Crippen LogP contribution is -2.20. The summed E-state index contributed by atoms with van der Waals surface area (Å²) >= 11 is 0. The van der Waals surface area contributed by atoms with Crippen LogP contribution in [0.2, 0.25) is 0 Å². The summed E-state index contributed by atoms with van der Waals surface area (Å²) in [6.45, 7) is -0.281. The van der Waals surface area contributed by atoms with Crippen LogP contribution in [0.3, 0.4) is 0 Å². The zero-order chi connectivity index (χ0) is 14.0. The summed E-state index contributed by atoms with van der Waals surface area (Å²) in [5.41, 5.74) is 5.00. The van der Waals surface area contributed by atoms with E-state index in [1.54, 1.807) is 24.3 Å². The highest BCUT2D eigenvalue weighted by Crippen LogP contribution is 2.32. The molecule has 0 saturated carbocycles. The molecule has 0 aliphatic heterocycles. The summed E-state index contributed by atoms with van der Waals surface area (Å²) in [6.07, 6.45) is 0. The van der Waals surface area contributed by atoms with Gasteiger partial charge in [0, 0.05) is 21.5 Å². The highest BCUT2D eigenvalue weighted by Gasteiger charge is 2.16. The molecule has 2 rings (SSSR count). The number of carbonyl (C=O) groups is 1. The fraction of sp³-hybridized carbons (Fsp3) is 0.0833. The number of primary amides is 1. The molecule has 2 N–H and O–H groups in total. The SMILES string of the molecule is NC(=O)COc1ccc(S(=O)(=O)Cl)c2ccccc12. The third-order valence-corrected chi connectivity index (χ3v) is 3.86. The number of amides is 1. The van der Waals surface area contributed by atoms with Gasteiger partial charge in [0.15, 0.2) is 6.61 Å². The Balaban J connectivity index is 2.62. The van der Waals surface area contributed by atoms with Crippen LogP contribution in [0.4, 0.5) is 0 Å². The summed E-state index contributed by atoms with van der Waals surface area (Å²) in [6, 6.07) is 9.48. The van der Waals surface area contributed by atoms with Crippen LogP contribution in [0.15, 0.2) is 41.3 Å². The molecule has 5 nitrogen and oxygen atoms in total. The van der Waals surface area contributed by atoms with Gasteiger partial charge in [0.1, 0.15) is 5.75 Å². The third kappa shape index (κ3) is 2.97. The van der Waals surface area contributed by atoms with Gasteiger partial charge in [-0.1, -0.05) is 24.3 Å². The summed E-state index contributed by atoms with van der Waals surface area (Å²) in [5, 5.41) is 0.977. The van der Waals surface area contributed by atoms with Crippen LogP contribution >= 0.6 is 10.7 Å². The van der Waals surface area contributed by atoms with Crippen LogP contribution in [0, 0.1) is 0 Å². The molecule has 0 atom stereocenters. The Kier molecular flexibility index (Phi) is 3.64. The Morgan fingerprint density at radius 1 is 1.16 bits per heavy atom. The van der Waals surface area contributed by atoms with Crippen molar-refractivity contribution in [2.45, 2.75) is 4.90 Å². The van der Waals surface area contributed by atoms with Crippen molar-refractivity contribution in [1.29, 1.82) is 0 Å². The normalized spacial score (nSPS) is 11.4. The van der Waals surface area contributed by atoms with E-state index in [9.17, 15) is 13.2 Å². The minimum Gasteiger partial charge on any atom is -0.483 e. The van der Waals surface area contributed by atoms with Gasteiger partial charge in [0.25, 0.3) is 15.0 Å².